The van der Waals surface area contributed by atoms with Gasteiger partial charge in [-0.15, -0.1) is 0 Å². The van der Waals surface area contributed by atoms with Gasteiger partial charge in [0.05, 0.1) is 12.2 Å². The monoisotopic (exact) mass is 262 g/mol. The van der Waals surface area contributed by atoms with Crippen LogP contribution in [0.2, 0.25) is 5.02 Å². The molecule has 0 aromatic heterocycles. The predicted octanol–water partition coefficient (Wildman–Crippen LogP) is 3.50. The topological polar surface area (TPSA) is 40.5 Å². The van der Waals surface area contributed by atoms with Crippen molar-refractivity contribution in [3.63, 3.8) is 0 Å². The number of hydrogen-bond donors (Lipinski definition) is 2. The Morgan fingerprint density at radius 2 is 1.28 bits per heavy atom. The molecule has 2 aromatic rings. The largest absolute Gasteiger partial charge is 0.388 e. The van der Waals surface area contributed by atoms with Crippen LogP contribution in [-0.2, 0) is 0 Å². The normalized spacial score (nSPS) is 14.2. The number of benzene rings is 2. The Morgan fingerprint density at radius 1 is 0.778 bits per heavy atom. The molecular weight excluding hydrogens is 248 g/mol. The quantitative estimate of drug-likeness (QED) is 0.885. The predicted molar refractivity (Wildman–Crippen MR) is 72.4 cm³/mol. The summed E-state index contributed by atoms with van der Waals surface area (Å²) in [5.74, 6) is 0. The van der Waals surface area contributed by atoms with Crippen molar-refractivity contribution >= 4 is 11.6 Å². The molecule has 0 aliphatic carbocycles. The molecule has 0 radical (unpaired) electrons. The van der Waals surface area contributed by atoms with Crippen molar-refractivity contribution in [1.29, 1.82) is 0 Å². The molecule has 0 bridgehead atoms. The SMILES string of the molecule is O[C@@H](C[C@H](O)c1ccc(Cl)cc1)c1ccccc1. The molecule has 94 valence electrons. The summed E-state index contributed by atoms with van der Waals surface area (Å²) in [7, 11) is 0. The van der Waals surface area contributed by atoms with Gasteiger partial charge >= 0.3 is 0 Å². The van der Waals surface area contributed by atoms with E-state index in [0.29, 0.717) is 5.02 Å². The molecule has 0 aliphatic heterocycles. The van der Waals surface area contributed by atoms with E-state index in [9.17, 15) is 10.2 Å². The maximum atomic E-state index is 10.0. The van der Waals surface area contributed by atoms with Crippen molar-refractivity contribution in [1.82, 2.24) is 0 Å². The first-order chi connectivity index (χ1) is 8.66. The van der Waals surface area contributed by atoms with Crippen molar-refractivity contribution in [3.05, 3.63) is 70.7 Å². The third-order valence-corrected chi connectivity index (χ3v) is 3.14. The summed E-state index contributed by atoms with van der Waals surface area (Å²) >= 11 is 5.79. The van der Waals surface area contributed by atoms with E-state index >= 15 is 0 Å². The maximum Gasteiger partial charge on any atom is 0.0818 e. The lowest BCUT2D eigenvalue weighted by Crippen LogP contribution is -2.05. The van der Waals surface area contributed by atoms with Crippen LogP contribution in [0.3, 0.4) is 0 Å². The zero-order chi connectivity index (χ0) is 13.0. The van der Waals surface area contributed by atoms with Crippen LogP contribution in [0.25, 0.3) is 0 Å². The van der Waals surface area contributed by atoms with Crippen LogP contribution in [-0.4, -0.2) is 10.2 Å². The summed E-state index contributed by atoms with van der Waals surface area (Å²) in [5.41, 5.74) is 1.57. The van der Waals surface area contributed by atoms with E-state index in [2.05, 4.69) is 0 Å². The van der Waals surface area contributed by atoms with Gasteiger partial charge in [0.25, 0.3) is 0 Å². The molecule has 0 heterocycles. The first kappa shape index (κ1) is 13.1. The van der Waals surface area contributed by atoms with Gasteiger partial charge in [0.1, 0.15) is 0 Å². The van der Waals surface area contributed by atoms with Crippen molar-refractivity contribution in [2.75, 3.05) is 0 Å². The molecule has 2 N–H and O–H groups in total. The summed E-state index contributed by atoms with van der Waals surface area (Å²) in [4.78, 5) is 0. The molecule has 2 rings (SSSR count). The van der Waals surface area contributed by atoms with Gasteiger partial charge in [-0.3, -0.25) is 0 Å². The van der Waals surface area contributed by atoms with Crippen molar-refractivity contribution < 1.29 is 10.2 Å². The Balaban J connectivity index is 2.03. The van der Waals surface area contributed by atoms with Crippen LogP contribution in [0.4, 0.5) is 0 Å². The number of rotatable bonds is 4. The fraction of sp³-hybridized carbons (Fsp3) is 0.200. The molecule has 0 fully saturated rings. The fourth-order valence-corrected chi connectivity index (χ4v) is 1.97. The summed E-state index contributed by atoms with van der Waals surface area (Å²) in [6.07, 6.45) is -1.10. The maximum absolute atomic E-state index is 10.0. The highest BCUT2D eigenvalue weighted by atomic mass is 35.5. The van der Waals surface area contributed by atoms with Crippen LogP contribution in [0.1, 0.15) is 29.8 Å². The molecule has 18 heavy (non-hydrogen) atoms. The Morgan fingerprint density at radius 3 is 1.83 bits per heavy atom. The van der Waals surface area contributed by atoms with Gasteiger partial charge in [-0.2, -0.15) is 0 Å². The third-order valence-electron chi connectivity index (χ3n) is 2.89. The molecule has 0 amide bonds. The minimum atomic E-state index is -0.697. The first-order valence-electron chi connectivity index (χ1n) is 5.83. The van der Waals surface area contributed by atoms with Crippen LogP contribution in [0.15, 0.2) is 54.6 Å². The molecule has 0 saturated heterocycles. The van der Waals surface area contributed by atoms with Crippen molar-refractivity contribution in [2.45, 2.75) is 18.6 Å². The highest BCUT2D eigenvalue weighted by Crippen LogP contribution is 2.26. The van der Waals surface area contributed by atoms with Crippen LogP contribution >= 0.6 is 11.6 Å². The minimum Gasteiger partial charge on any atom is -0.388 e. The molecule has 0 saturated carbocycles. The molecule has 0 unspecified atom stereocenters. The average Bonchev–Trinajstić information content (AvgIpc) is 2.40. The Bertz CT molecular complexity index is 482. The van der Waals surface area contributed by atoms with E-state index in [0.717, 1.165) is 11.1 Å². The molecule has 2 aromatic carbocycles. The van der Waals surface area contributed by atoms with E-state index < -0.39 is 12.2 Å². The van der Waals surface area contributed by atoms with Crippen molar-refractivity contribution in [3.8, 4) is 0 Å². The third kappa shape index (κ3) is 3.33. The first-order valence-corrected chi connectivity index (χ1v) is 6.21. The molecule has 2 atom stereocenters. The van der Waals surface area contributed by atoms with E-state index in [1.165, 1.54) is 0 Å². The van der Waals surface area contributed by atoms with E-state index in [-0.39, 0.29) is 6.42 Å². The second-order valence-corrected chi connectivity index (χ2v) is 4.67. The highest BCUT2D eigenvalue weighted by Gasteiger charge is 2.15. The van der Waals surface area contributed by atoms with E-state index in [4.69, 9.17) is 11.6 Å². The van der Waals surface area contributed by atoms with Gasteiger partial charge in [-0.1, -0.05) is 54.1 Å². The van der Waals surface area contributed by atoms with Gasteiger partial charge in [-0.25, -0.2) is 0 Å². The lowest BCUT2D eigenvalue weighted by molar-refractivity contribution is 0.0804. The van der Waals surface area contributed by atoms with E-state index in [1.807, 2.05) is 30.3 Å². The van der Waals surface area contributed by atoms with Crippen molar-refractivity contribution in [2.24, 2.45) is 0 Å². The molecule has 2 nitrogen and oxygen atoms in total. The lowest BCUT2D eigenvalue weighted by atomic mass is 9.99. The summed E-state index contributed by atoms with van der Waals surface area (Å²) in [6.45, 7) is 0. The van der Waals surface area contributed by atoms with Gasteiger partial charge < -0.3 is 10.2 Å². The average molecular weight is 263 g/mol. The second-order valence-electron chi connectivity index (χ2n) is 4.23. The number of aliphatic hydroxyl groups excluding tert-OH is 2. The van der Waals surface area contributed by atoms with Gasteiger partial charge in [0.15, 0.2) is 0 Å². The molecule has 0 aliphatic rings. The van der Waals surface area contributed by atoms with Crippen LogP contribution in [0, 0.1) is 0 Å². The van der Waals surface area contributed by atoms with Crippen LogP contribution < -0.4 is 0 Å². The standard InChI is InChI=1S/C15H15ClO2/c16-13-8-6-12(7-9-13)15(18)10-14(17)11-4-2-1-3-5-11/h1-9,14-15,17-18H,10H2/t14-,15-/m0/s1. The number of hydrogen-bond acceptors (Lipinski definition) is 2. The van der Waals surface area contributed by atoms with Crippen LogP contribution in [0.5, 0.6) is 0 Å². The van der Waals surface area contributed by atoms with E-state index in [1.54, 1.807) is 24.3 Å². The highest BCUT2D eigenvalue weighted by molar-refractivity contribution is 6.30. The zero-order valence-corrected chi connectivity index (χ0v) is 10.6. The Hall–Kier alpha value is -1.35. The summed E-state index contributed by atoms with van der Waals surface area (Å²) < 4.78 is 0. The fourth-order valence-electron chi connectivity index (χ4n) is 1.84. The number of aliphatic hydroxyl groups is 2. The second kappa shape index (κ2) is 6.01. The van der Waals surface area contributed by atoms with Gasteiger partial charge in [-0.05, 0) is 23.3 Å². The Labute approximate surface area is 111 Å². The molecule has 0 spiro atoms. The number of halogens is 1. The zero-order valence-electron chi connectivity index (χ0n) is 9.83. The Kier molecular flexibility index (Phi) is 4.37. The molecule has 3 heteroatoms. The van der Waals surface area contributed by atoms with Gasteiger partial charge in [0, 0.05) is 11.4 Å². The van der Waals surface area contributed by atoms with Gasteiger partial charge in [0.2, 0.25) is 0 Å². The summed E-state index contributed by atoms with van der Waals surface area (Å²) in [6, 6.07) is 16.3. The minimum absolute atomic E-state index is 0.269. The summed E-state index contributed by atoms with van der Waals surface area (Å²) in [5, 5.41) is 20.7. The smallest absolute Gasteiger partial charge is 0.0818 e. The lowest BCUT2D eigenvalue weighted by Gasteiger charge is -2.16. The molecular formula is C15H15ClO2.